The summed E-state index contributed by atoms with van der Waals surface area (Å²) in [5, 5.41) is 14.0. The van der Waals surface area contributed by atoms with Crippen LogP contribution in [0.3, 0.4) is 0 Å². The fourth-order valence-corrected chi connectivity index (χ4v) is 1.26. The van der Waals surface area contributed by atoms with Crippen LogP contribution in [0.25, 0.3) is 0 Å². The molecule has 0 radical (unpaired) electrons. The van der Waals surface area contributed by atoms with Crippen molar-refractivity contribution in [1.29, 1.82) is 0 Å². The van der Waals surface area contributed by atoms with E-state index in [1.165, 1.54) is 0 Å². The molecule has 5 N–H and O–H groups in total. The molecule has 6 heteroatoms. The minimum Gasteiger partial charge on any atom is -0.394 e. The minimum atomic E-state index is -0.731. The van der Waals surface area contributed by atoms with Gasteiger partial charge in [-0.3, -0.25) is 4.79 Å². The van der Waals surface area contributed by atoms with E-state index in [4.69, 9.17) is 10.8 Å². The van der Waals surface area contributed by atoms with Gasteiger partial charge in [-0.2, -0.15) is 0 Å². The lowest BCUT2D eigenvalue weighted by Crippen LogP contribution is -2.53. The summed E-state index contributed by atoms with van der Waals surface area (Å²) < 4.78 is 0. The van der Waals surface area contributed by atoms with E-state index in [-0.39, 0.29) is 24.5 Å². The Morgan fingerprint density at radius 1 is 1.31 bits per heavy atom. The molecule has 3 amide bonds. The summed E-state index contributed by atoms with van der Waals surface area (Å²) in [5.74, 6) is -0.390. The fraction of sp³-hybridized carbons (Fsp3) is 0.800. The molecule has 0 saturated heterocycles. The molecule has 0 heterocycles. The molecule has 1 unspecified atom stereocenters. The quantitative estimate of drug-likeness (QED) is 0.498. The summed E-state index contributed by atoms with van der Waals surface area (Å²) in [4.78, 5) is 22.5. The molecule has 0 aliphatic carbocycles. The Labute approximate surface area is 95.6 Å². The monoisotopic (exact) mass is 231 g/mol. The van der Waals surface area contributed by atoms with E-state index in [1.807, 2.05) is 6.92 Å². The number of hydrogen-bond donors (Lipinski definition) is 4. The number of carbonyl (C=O) groups is 2. The second-order valence-corrected chi connectivity index (χ2v) is 4.03. The van der Waals surface area contributed by atoms with E-state index in [0.29, 0.717) is 6.42 Å². The van der Waals surface area contributed by atoms with Crippen molar-refractivity contribution < 1.29 is 14.7 Å². The highest BCUT2D eigenvalue weighted by Gasteiger charge is 2.24. The highest BCUT2D eigenvalue weighted by Crippen LogP contribution is 2.02. The highest BCUT2D eigenvalue weighted by molar-refractivity contribution is 5.86. The Kier molecular flexibility index (Phi) is 6.48. The van der Waals surface area contributed by atoms with Crippen LogP contribution in [0.1, 0.15) is 27.2 Å². The predicted molar refractivity (Wildman–Crippen MR) is 60.7 cm³/mol. The van der Waals surface area contributed by atoms with Crippen LogP contribution in [-0.2, 0) is 4.79 Å². The molecule has 6 nitrogen and oxygen atoms in total. The van der Waals surface area contributed by atoms with E-state index in [9.17, 15) is 9.59 Å². The average molecular weight is 231 g/mol. The molecule has 0 spiro atoms. The Morgan fingerprint density at radius 2 is 1.88 bits per heavy atom. The third-order valence-electron chi connectivity index (χ3n) is 2.31. The number of primary amides is 1. The fourth-order valence-electron chi connectivity index (χ4n) is 1.26. The third-order valence-corrected chi connectivity index (χ3v) is 2.31. The standard InChI is InChI=1S/C10H21N3O3/c1-4-7(5-14)12-9(15)8(6(2)3)13-10(11)16/h6-8,14H,4-5H2,1-3H3,(H,12,15)(H3,11,13,16)/t7-,8?/m0/s1. The maximum Gasteiger partial charge on any atom is 0.312 e. The second kappa shape index (κ2) is 7.05. The number of nitrogens with two attached hydrogens (primary N) is 1. The van der Waals surface area contributed by atoms with Gasteiger partial charge in [0.1, 0.15) is 6.04 Å². The number of aliphatic hydroxyl groups excluding tert-OH is 1. The summed E-state index contributed by atoms with van der Waals surface area (Å²) in [6, 6.07) is -1.69. The van der Waals surface area contributed by atoms with Gasteiger partial charge in [0, 0.05) is 0 Å². The normalized spacial score (nSPS) is 14.3. The van der Waals surface area contributed by atoms with Crippen molar-refractivity contribution in [2.45, 2.75) is 39.3 Å². The summed E-state index contributed by atoms with van der Waals surface area (Å²) >= 11 is 0. The number of carbonyl (C=O) groups excluding carboxylic acids is 2. The molecule has 94 valence electrons. The van der Waals surface area contributed by atoms with E-state index in [0.717, 1.165) is 0 Å². The predicted octanol–water partition coefficient (Wildman–Crippen LogP) is -0.434. The Morgan fingerprint density at radius 3 is 2.19 bits per heavy atom. The SMILES string of the molecule is CC[C@@H](CO)NC(=O)C(NC(N)=O)C(C)C. The largest absolute Gasteiger partial charge is 0.394 e. The van der Waals surface area contributed by atoms with E-state index in [2.05, 4.69) is 10.6 Å². The smallest absolute Gasteiger partial charge is 0.312 e. The zero-order chi connectivity index (χ0) is 12.7. The van der Waals surface area contributed by atoms with Crippen molar-refractivity contribution in [3.8, 4) is 0 Å². The van der Waals surface area contributed by atoms with Crippen molar-refractivity contribution in [1.82, 2.24) is 10.6 Å². The second-order valence-electron chi connectivity index (χ2n) is 4.03. The lowest BCUT2D eigenvalue weighted by molar-refractivity contribution is -0.124. The first-order valence-electron chi connectivity index (χ1n) is 5.39. The summed E-state index contributed by atoms with van der Waals surface area (Å²) in [6.45, 7) is 5.34. The van der Waals surface area contributed by atoms with Crippen LogP contribution in [0.5, 0.6) is 0 Å². The van der Waals surface area contributed by atoms with Gasteiger partial charge >= 0.3 is 6.03 Å². The molecule has 0 rings (SSSR count). The third kappa shape index (κ3) is 4.97. The molecule has 0 saturated carbocycles. The number of urea groups is 1. The van der Waals surface area contributed by atoms with Crippen LogP contribution in [0.2, 0.25) is 0 Å². The molecule has 0 aliphatic heterocycles. The first-order valence-corrected chi connectivity index (χ1v) is 5.39. The molecule has 16 heavy (non-hydrogen) atoms. The molecule has 0 aromatic rings. The minimum absolute atomic E-state index is 0.0660. The first kappa shape index (κ1) is 14.7. The zero-order valence-corrected chi connectivity index (χ0v) is 9.99. The van der Waals surface area contributed by atoms with Crippen LogP contribution in [0.4, 0.5) is 4.79 Å². The number of hydrogen-bond acceptors (Lipinski definition) is 3. The van der Waals surface area contributed by atoms with Crippen molar-refractivity contribution in [3.05, 3.63) is 0 Å². The molecule has 0 bridgehead atoms. The molecule has 2 atom stereocenters. The average Bonchev–Trinajstić information content (AvgIpc) is 2.21. The van der Waals surface area contributed by atoms with Gasteiger partial charge in [0.25, 0.3) is 0 Å². The van der Waals surface area contributed by atoms with Gasteiger partial charge < -0.3 is 21.5 Å². The maximum atomic E-state index is 11.8. The summed E-state index contributed by atoms with van der Waals surface area (Å²) in [7, 11) is 0. The topological polar surface area (TPSA) is 104 Å². The number of amides is 3. The van der Waals surface area contributed by atoms with Crippen molar-refractivity contribution in [3.63, 3.8) is 0 Å². The van der Waals surface area contributed by atoms with Crippen molar-refractivity contribution in [2.24, 2.45) is 11.7 Å². The van der Waals surface area contributed by atoms with Gasteiger partial charge in [-0.05, 0) is 12.3 Å². The van der Waals surface area contributed by atoms with Gasteiger partial charge in [-0.25, -0.2) is 4.79 Å². The molecule has 0 aromatic heterocycles. The maximum absolute atomic E-state index is 11.8. The van der Waals surface area contributed by atoms with E-state index in [1.54, 1.807) is 13.8 Å². The Balaban J connectivity index is 4.43. The molecule has 0 aliphatic rings. The van der Waals surface area contributed by atoms with Gasteiger partial charge in [0.2, 0.25) is 5.91 Å². The Bertz CT molecular complexity index is 239. The van der Waals surface area contributed by atoms with Crippen molar-refractivity contribution in [2.75, 3.05) is 6.61 Å². The van der Waals surface area contributed by atoms with Gasteiger partial charge in [-0.15, -0.1) is 0 Å². The Hall–Kier alpha value is -1.30. The zero-order valence-electron chi connectivity index (χ0n) is 9.99. The van der Waals surface area contributed by atoms with Crippen LogP contribution in [0, 0.1) is 5.92 Å². The number of aliphatic hydroxyl groups is 1. The van der Waals surface area contributed by atoms with Crippen LogP contribution in [-0.4, -0.2) is 35.7 Å². The van der Waals surface area contributed by atoms with Crippen molar-refractivity contribution >= 4 is 11.9 Å². The van der Waals surface area contributed by atoms with E-state index < -0.39 is 12.1 Å². The number of nitrogens with one attached hydrogen (secondary N) is 2. The lowest BCUT2D eigenvalue weighted by atomic mass is 10.0. The molecule has 0 fully saturated rings. The van der Waals surface area contributed by atoms with Crippen LogP contribution < -0.4 is 16.4 Å². The van der Waals surface area contributed by atoms with E-state index >= 15 is 0 Å². The molecule has 0 aromatic carbocycles. The van der Waals surface area contributed by atoms with Gasteiger partial charge in [-0.1, -0.05) is 20.8 Å². The van der Waals surface area contributed by atoms with Crippen LogP contribution in [0.15, 0.2) is 0 Å². The highest BCUT2D eigenvalue weighted by atomic mass is 16.3. The lowest BCUT2D eigenvalue weighted by Gasteiger charge is -2.23. The molecular weight excluding hydrogens is 210 g/mol. The van der Waals surface area contributed by atoms with Gasteiger partial charge in [0.15, 0.2) is 0 Å². The number of rotatable bonds is 6. The summed E-state index contributed by atoms with van der Waals surface area (Å²) in [6.07, 6.45) is 0.629. The summed E-state index contributed by atoms with van der Waals surface area (Å²) in [5.41, 5.74) is 4.99. The molecular formula is C10H21N3O3. The first-order chi connectivity index (χ1) is 7.42. The van der Waals surface area contributed by atoms with Crippen LogP contribution >= 0.6 is 0 Å². The van der Waals surface area contributed by atoms with Gasteiger partial charge in [0.05, 0.1) is 12.6 Å².